The first-order chi connectivity index (χ1) is 12.2. The van der Waals surface area contributed by atoms with Gasteiger partial charge in [0.05, 0.1) is 10.7 Å². The van der Waals surface area contributed by atoms with Crippen LogP contribution in [0.15, 0.2) is 18.2 Å². The van der Waals surface area contributed by atoms with Crippen LogP contribution < -0.4 is 14.8 Å². The Labute approximate surface area is 150 Å². The summed E-state index contributed by atoms with van der Waals surface area (Å²) < 4.78 is 10.6. The van der Waals surface area contributed by atoms with Crippen molar-refractivity contribution in [2.24, 2.45) is 0 Å². The number of carbonyl (C=O) groups excluding carboxylic acids is 1. The van der Waals surface area contributed by atoms with Crippen molar-refractivity contribution in [3.8, 4) is 11.5 Å². The number of nitrogens with zero attached hydrogens (tertiary/aromatic N) is 2. The van der Waals surface area contributed by atoms with Crippen LogP contribution in [0.4, 0.5) is 5.69 Å². The number of nitrogens with one attached hydrogen (secondary N) is 1. The molecule has 25 heavy (non-hydrogen) atoms. The van der Waals surface area contributed by atoms with Gasteiger partial charge < -0.3 is 19.7 Å². The second-order valence-corrected chi connectivity index (χ2v) is 7.43. The maximum Gasteiger partial charge on any atom is 0.267 e. The van der Waals surface area contributed by atoms with Gasteiger partial charge in [-0.1, -0.05) is 0 Å². The zero-order chi connectivity index (χ0) is 17.2. The molecule has 7 heteroatoms. The molecule has 0 spiro atoms. The van der Waals surface area contributed by atoms with Crippen molar-refractivity contribution < 1.29 is 14.3 Å². The van der Waals surface area contributed by atoms with E-state index in [-0.39, 0.29) is 12.7 Å². The number of hydrogen-bond acceptors (Lipinski definition) is 6. The maximum atomic E-state index is 12.6. The van der Waals surface area contributed by atoms with E-state index in [2.05, 4.69) is 15.2 Å². The Morgan fingerprint density at radius 3 is 2.92 bits per heavy atom. The van der Waals surface area contributed by atoms with Crippen molar-refractivity contribution in [2.45, 2.75) is 26.2 Å². The fraction of sp³-hybridized carbons (Fsp3) is 0.444. The lowest BCUT2D eigenvalue weighted by Gasteiger charge is -2.12. The lowest BCUT2D eigenvalue weighted by molar-refractivity contribution is 0.103. The van der Waals surface area contributed by atoms with Crippen molar-refractivity contribution in [1.29, 1.82) is 0 Å². The van der Waals surface area contributed by atoms with E-state index in [0.29, 0.717) is 22.1 Å². The first-order valence-electron chi connectivity index (χ1n) is 8.59. The Hall–Kier alpha value is -2.12. The van der Waals surface area contributed by atoms with Crippen LogP contribution in [0.25, 0.3) is 0 Å². The second-order valence-electron chi connectivity index (χ2n) is 6.34. The molecule has 0 atom stereocenters. The van der Waals surface area contributed by atoms with Gasteiger partial charge in [-0.2, -0.15) is 0 Å². The van der Waals surface area contributed by atoms with Gasteiger partial charge in [-0.3, -0.25) is 4.79 Å². The van der Waals surface area contributed by atoms with Gasteiger partial charge >= 0.3 is 0 Å². The molecule has 0 saturated carbocycles. The molecule has 6 nitrogen and oxygen atoms in total. The van der Waals surface area contributed by atoms with Crippen LogP contribution in [-0.2, 0) is 6.42 Å². The van der Waals surface area contributed by atoms with Crippen LogP contribution in [0, 0.1) is 6.92 Å². The lowest BCUT2D eigenvalue weighted by Crippen LogP contribution is -2.21. The largest absolute Gasteiger partial charge is 0.454 e. The zero-order valence-corrected chi connectivity index (χ0v) is 15.0. The van der Waals surface area contributed by atoms with E-state index in [9.17, 15) is 4.79 Å². The number of carbonyl (C=O) groups is 1. The monoisotopic (exact) mass is 359 g/mol. The smallest absolute Gasteiger partial charge is 0.267 e. The standard InChI is InChI=1S/C18H21N3O3S/c1-12-17(25-16(19-12)6-9-21-7-2-3-8-21)18(22)20-13-4-5-14-15(10-13)24-11-23-14/h4-5,10H,2-3,6-9,11H2,1H3,(H,20,22). The average Bonchev–Trinajstić information content (AvgIpc) is 3.33. The van der Waals surface area contributed by atoms with Crippen molar-refractivity contribution >= 4 is 22.9 Å². The Bertz CT molecular complexity index is 784. The minimum Gasteiger partial charge on any atom is -0.454 e. The molecule has 1 saturated heterocycles. The van der Waals surface area contributed by atoms with Gasteiger partial charge in [0.1, 0.15) is 4.88 Å². The number of benzene rings is 1. The maximum absolute atomic E-state index is 12.6. The van der Waals surface area contributed by atoms with Gasteiger partial charge in [-0.05, 0) is 45.0 Å². The summed E-state index contributed by atoms with van der Waals surface area (Å²) in [5.41, 5.74) is 1.49. The van der Waals surface area contributed by atoms with Crippen molar-refractivity contribution in [3.05, 3.63) is 33.8 Å². The van der Waals surface area contributed by atoms with Crippen molar-refractivity contribution in [2.75, 3.05) is 31.7 Å². The Morgan fingerprint density at radius 1 is 1.28 bits per heavy atom. The predicted molar refractivity (Wildman–Crippen MR) is 96.7 cm³/mol. The van der Waals surface area contributed by atoms with Gasteiger partial charge in [0.2, 0.25) is 6.79 Å². The Morgan fingerprint density at radius 2 is 2.08 bits per heavy atom. The molecule has 2 aliphatic rings. The molecule has 132 valence electrons. The lowest BCUT2D eigenvalue weighted by atomic mass is 10.2. The van der Waals surface area contributed by atoms with Crippen LogP contribution in [0.3, 0.4) is 0 Å². The second kappa shape index (κ2) is 7.01. The molecular weight excluding hydrogens is 338 g/mol. The number of aromatic nitrogens is 1. The van der Waals surface area contributed by atoms with Gasteiger partial charge in [-0.25, -0.2) is 4.98 Å². The number of aryl methyl sites for hydroxylation is 1. The highest BCUT2D eigenvalue weighted by Crippen LogP contribution is 2.34. The summed E-state index contributed by atoms with van der Waals surface area (Å²) >= 11 is 1.49. The molecule has 1 aromatic carbocycles. The summed E-state index contributed by atoms with van der Waals surface area (Å²) in [5, 5.41) is 3.95. The van der Waals surface area contributed by atoms with E-state index in [0.717, 1.165) is 23.7 Å². The molecule has 2 aromatic rings. The molecule has 0 unspecified atom stereocenters. The minimum absolute atomic E-state index is 0.124. The van der Waals surface area contributed by atoms with E-state index in [4.69, 9.17) is 9.47 Å². The van der Waals surface area contributed by atoms with Gasteiger partial charge in [0, 0.05) is 24.7 Å². The quantitative estimate of drug-likeness (QED) is 0.889. The topological polar surface area (TPSA) is 63.7 Å². The summed E-state index contributed by atoms with van der Waals surface area (Å²) in [7, 11) is 0. The molecule has 1 fully saturated rings. The van der Waals surface area contributed by atoms with Gasteiger partial charge in [-0.15, -0.1) is 11.3 Å². The van der Waals surface area contributed by atoms with Gasteiger partial charge in [0.15, 0.2) is 11.5 Å². The molecule has 0 bridgehead atoms. The molecule has 0 aliphatic carbocycles. The third-order valence-corrected chi connectivity index (χ3v) is 5.73. The number of rotatable bonds is 5. The third kappa shape index (κ3) is 3.62. The normalized spacial score (nSPS) is 16.4. The summed E-state index contributed by atoms with van der Waals surface area (Å²) in [6.07, 6.45) is 3.49. The fourth-order valence-corrected chi connectivity index (χ4v) is 4.14. The molecule has 0 radical (unpaired) electrons. The number of amides is 1. The Kier molecular flexibility index (Phi) is 4.59. The van der Waals surface area contributed by atoms with Crippen LogP contribution in [0.1, 0.15) is 33.2 Å². The number of likely N-dealkylation sites (tertiary alicyclic amines) is 1. The number of anilines is 1. The van der Waals surface area contributed by atoms with Gasteiger partial charge in [0.25, 0.3) is 5.91 Å². The SMILES string of the molecule is Cc1nc(CCN2CCCC2)sc1C(=O)Nc1ccc2c(c1)OCO2. The zero-order valence-electron chi connectivity index (χ0n) is 14.2. The summed E-state index contributed by atoms with van der Waals surface area (Å²) in [5.74, 6) is 1.24. The van der Waals surface area contributed by atoms with Crippen LogP contribution in [0.2, 0.25) is 0 Å². The third-order valence-electron chi connectivity index (χ3n) is 4.52. The van der Waals surface area contributed by atoms with E-state index >= 15 is 0 Å². The predicted octanol–water partition coefficient (Wildman–Crippen LogP) is 3.07. The van der Waals surface area contributed by atoms with Crippen molar-refractivity contribution in [1.82, 2.24) is 9.88 Å². The van der Waals surface area contributed by atoms with E-state index in [1.165, 1.54) is 37.3 Å². The molecule has 1 aromatic heterocycles. The van der Waals surface area contributed by atoms with Crippen LogP contribution in [0.5, 0.6) is 11.5 Å². The molecule has 1 N–H and O–H groups in total. The molecule has 4 rings (SSSR count). The molecule has 2 aliphatic heterocycles. The minimum atomic E-state index is -0.124. The van der Waals surface area contributed by atoms with E-state index in [1.807, 2.05) is 13.0 Å². The van der Waals surface area contributed by atoms with Crippen molar-refractivity contribution in [3.63, 3.8) is 0 Å². The number of hydrogen-bond donors (Lipinski definition) is 1. The highest BCUT2D eigenvalue weighted by Gasteiger charge is 2.19. The highest BCUT2D eigenvalue weighted by atomic mass is 32.1. The first kappa shape index (κ1) is 16.4. The molecular formula is C18H21N3O3S. The molecule has 1 amide bonds. The highest BCUT2D eigenvalue weighted by molar-refractivity contribution is 7.13. The fourth-order valence-electron chi connectivity index (χ4n) is 3.19. The Balaban J connectivity index is 1.41. The average molecular weight is 359 g/mol. The summed E-state index contributed by atoms with van der Waals surface area (Å²) in [6, 6.07) is 5.40. The first-order valence-corrected chi connectivity index (χ1v) is 9.40. The summed E-state index contributed by atoms with van der Waals surface area (Å²) in [4.78, 5) is 20.3. The van der Waals surface area contributed by atoms with E-state index in [1.54, 1.807) is 12.1 Å². The van der Waals surface area contributed by atoms with Crippen LogP contribution in [-0.4, -0.2) is 42.2 Å². The van der Waals surface area contributed by atoms with E-state index < -0.39 is 0 Å². The number of ether oxygens (including phenoxy) is 2. The molecule has 3 heterocycles. The number of fused-ring (bicyclic) bond motifs is 1. The van der Waals surface area contributed by atoms with Crippen LogP contribution >= 0.6 is 11.3 Å². The summed E-state index contributed by atoms with van der Waals surface area (Å²) in [6.45, 7) is 5.51. The number of thiazole rings is 1.